The molecule has 0 bridgehead atoms. The molecule has 26 heavy (non-hydrogen) atoms. The summed E-state index contributed by atoms with van der Waals surface area (Å²) in [6.07, 6.45) is 4.49. The van der Waals surface area contributed by atoms with Crippen LogP contribution in [0.3, 0.4) is 0 Å². The molecule has 0 aromatic carbocycles. The molecule has 0 radical (unpaired) electrons. The molecule has 7 nitrogen and oxygen atoms in total. The molecular formula is C19H33N3O4. The summed E-state index contributed by atoms with van der Waals surface area (Å²) >= 11 is 0. The van der Waals surface area contributed by atoms with Gasteiger partial charge in [0.15, 0.2) is 0 Å². The lowest BCUT2D eigenvalue weighted by molar-refractivity contribution is -0.138. The van der Waals surface area contributed by atoms with E-state index in [1.807, 2.05) is 47.6 Å². The molecule has 0 unspecified atom stereocenters. The smallest absolute Gasteiger partial charge is 0.345 e. The van der Waals surface area contributed by atoms with E-state index in [-0.39, 0.29) is 29.4 Å². The molecule has 0 aromatic rings. The molecule has 0 saturated carbocycles. The predicted octanol–water partition coefficient (Wildman–Crippen LogP) is 3.63. The maximum Gasteiger partial charge on any atom is 0.345 e. The first kappa shape index (κ1) is 23.7. The third-order valence-electron chi connectivity index (χ3n) is 2.88. The second kappa shape index (κ2) is 12.1. The van der Waals surface area contributed by atoms with E-state index in [1.54, 1.807) is 13.1 Å². The Morgan fingerprint density at radius 2 is 1.92 bits per heavy atom. The van der Waals surface area contributed by atoms with Gasteiger partial charge in [0.25, 0.3) is 0 Å². The van der Waals surface area contributed by atoms with Crippen LogP contribution < -0.4 is 5.32 Å². The van der Waals surface area contributed by atoms with E-state index >= 15 is 0 Å². The molecule has 148 valence electrons. The normalized spacial score (nSPS) is 12.5. The van der Waals surface area contributed by atoms with Crippen LogP contribution in [0.25, 0.3) is 0 Å². The average molecular weight is 367 g/mol. The van der Waals surface area contributed by atoms with E-state index < -0.39 is 5.97 Å². The maximum atomic E-state index is 12.0. The molecule has 2 N–H and O–H groups in total. The van der Waals surface area contributed by atoms with Crippen molar-refractivity contribution in [1.29, 1.82) is 5.41 Å². The molecular weight excluding hydrogens is 334 g/mol. The first-order valence-corrected chi connectivity index (χ1v) is 8.75. The van der Waals surface area contributed by atoms with Gasteiger partial charge in [-0.1, -0.05) is 38.9 Å². The number of nitrogens with zero attached hydrogens (tertiary/aromatic N) is 1. The van der Waals surface area contributed by atoms with Crippen LogP contribution in [0, 0.1) is 16.7 Å². The van der Waals surface area contributed by atoms with E-state index in [1.165, 1.54) is 0 Å². The number of rotatable bonds is 12. The molecule has 7 heteroatoms. The Bertz CT molecular complexity index is 545. The Kier molecular flexibility index (Phi) is 11.0. The van der Waals surface area contributed by atoms with Crippen molar-refractivity contribution < 1.29 is 19.1 Å². The van der Waals surface area contributed by atoms with Crippen LogP contribution >= 0.6 is 0 Å². The minimum Gasteiger partial charge on any atom is -0.478 e. The van der Waals surface area contributed by atoms with Crippen molar-refractivity contribution in [2.75, 3.05) is 19.8 Å². The summed E-state index contributed by atoms with van der Waals surface area (Å²) < 4.78 is 10.6. The van der Waals surface area contributed by atoms with E-state index in [4.69, 9.17) is 19.7 Å². The minimum atomic E-state index is -0.600. The second-order valence-electron chi connectivity index (χ2n) is 7.09. The third-order valence-corrected chi connectivity index (χ3v) is 2.88. The van der Waals surface area contributed by atoms with Crippen LogP contribution in [0.2, 0.25) is 0 Å². The highest BCUT2D eigenvalue weighted by Gasteiger charge is 2.18. The molecule has 0 atom stereocenters. The van der Waals surface area contributed by atoms with Crippen LogP contribution in [0.1, 0.15) is 48.5 Å². The zero-order chi connectivity index (χ0) is 20.2. The van der Waals surface area contributed by atoms with Gasteiger partial charge in [-0.3, -0.25) is 0 Å². The predicted molar refractivity (Wildman–Crippen MR) is 104 cm³/mol. The number of ether oxygens (including phenoxy) is 2. The van der Waals surface area contributed by atoms with Gasteiger partial charge < -0.3 is 25.0 Å². The van der Waals surface area contributed by atoms with Gasteiger partial charge in [-0.2, -0.15) is 0 Å². The Morgan fingerprint density at radius 1 is 1.27 bits per heavy atom. The van der Waals surface area contributed by atoms with Gasteiger partial charge >= 0.3 is 5.97 Å². The zero-order valence-electron chi connectivity index (χ0n) is 17.0. The Hall–Kier alpha value is -2.31. The Labute approximate surface area is 157 Å². The standard InChI is InChI=1S/C19H33N3O4/c1-8-24-18(23)16(11-20)17(25-12-14(2)3)21-10-9-19(6,7)13-26-22-15(4)5/h9-11,14,20-21H,8,12-13H2,1-7H3/b10-9+,17-16-,20-11?. The quantitative estimate of drug-likeness (QED) is 0.181. The van der Waals surface area contributed by atoms with Crippen molar-refractivity contribution in [3.8, 4) is 0 Å². The Morgan fingerprint density at radius 3 is 2.42 bits per heavy atom. The number of hydrogen-bond donors (Lipinski definition) is 2. The third kappa shape index (κ3) is 10.5. The second-order valence-corrected chi connectivity index (χ2v) is 7.09. The van der Waals surface area contributed by atoms with Crippen molar-refractivity contribution in [2.45, 2.75) is 48.5 Å². The van der Waals surface area contributed by atoms with Crippen molar-refractivity contribution in [1.82, 2.24) is 5.32 Å². The van der Waals surface area contributed by atoms with Crippen LogP contribution in [0.4, 0.5) is 0 Å². The van der Waals surface area contributed by atoms with E-state index in [9.17, 15) is 4.79 Å². The summed E-state index contributed by atoms with van der Waals surface area (Å²) in [5.41, 5.74) is 0.599. The summed E-state index contributed by atoms with van der Waals surface area (Å²) in [5.74, 6) is -0.134. The number of carbonyl (C=O) groups is 1. The summed E-state index contributed by atoms with van der Waals surface area (Å²) in [7, 11) is 0. The number of esters is 1. The molecule has 0 aliphatic heterocycles. The fourth-order valence-corrected chi connectivity index (χ4v) is 1.59. The zero-order valence-corrected chi connectivity index (χ0v) is 17.0. The molecule has 0 rings (SSSR count). The topological polar surface area (TPSA) is 93.0 Å². The van der Waals surface area contributed by atoms with Crippen LogP contribution in [0.5, 0.6) is 0 Å². The van der Waals surface area contributed by atoms with Gasteiger partial charge in [0, 0.05) is 17.8 Å². The summed E-state index contributed by atoms with van der Waals surface area (Å²) in [6.45, 7) is 14.5. The van der Waals surface area contributed by atoms with Gasteiger partial charge in [0.2, 0.25) is 5.88 Å². The minimum absolute atomic E-state index is 0.0393. The molecule has 0 fully saturated rings. The van der Waals surface area contributed by atoms with Crippen molar-refractivity contribution in [3.05, 3.63) is 23.7 Å². The van der Waals surface area contributed by atoms with Gasteiger partial charge in [-0.15, -0.1) is 0 Å². The molecule has 0 amide bonds. The Balaban J connectivity index is 5.20. The molecule has 0 spiro atoms. The number of nitrogens with one attached hydrogen (secondary N) is 2. The average Bonchev–Trinajstić information content (AvgIpc) is 2.52. The van der Waals surface area contributed by atoms with E-state index in [0.717, 1.165) is 11.9 Å². The fourth-order valence-electron chi connectivity index (χ4n) is 1.59. The lowest BCUT2D eigenvalue weighted by Crippen LogP contribution is -2.22. The molecule has 0 aliphatic carbocycles. The highest BCUT2D eigenvalue weighted by atomic mass is 16.6. The fraction of sp³-hybridized carbons (Fsp3) is 0.632. The largest absolute Gasteiger partial charge is 0.478 e. The van der Waals surface area contributed by atoms with Crippen LogP contribution in [-0.2, 0) is 19.1 Å². The van der Waals surface area contributed by atoms with E-state index in [2.05, 4.69) is 10.5 Å². The number of carbonyl (C=O) groups excluding carboxylic acids is 1. The summed E-state index contributed by atoms with van der Waals surface area (Å²) in [5, 5.41) is 14.4. The number of hydrogen-bond acceptors (Lipinski definition) is 7. The van der Waals surface area contributed by atoms with Gasteiger partial charge in [-0.25, -0.2) is 4.79 Å². The van der Waals surface area contributed by atoms with E-state index in [0.29, 0.717) is 13.2 Å². The monoisotopic (exact) mass is 367 g/mol. The van der Waals surface area contributed by atoms with Crippen LogP contribution in [0.15, 0.2) is 28.9 Å². The summed E-state index contributed by atoms with van der Waals surface area (Å²) in [6, 6.07) is 0. The maximum absolute atomic E-state index is 12.0. The first-order chi connectivity index (χ1) is 12.1. The lowest BCUT2D eigenvalue weighted by Gasteiger charge is -2.19. The first-order valence-electron chi connectivity index (χ1n) is 8.75. The van der Waals surface area contributed by atoms with Crippen LogP contribution in [-0.4, -0.2) is 37.7 Å². The highest BCUT2D eigenvalue weighted by Crippen LogP contribution is 2.17. The highest BCUT2D eigenvalue weighted by molar-refractivity contribution is 6.08. The van der Waals surface area contributed by atoms with Crippen molar-refractivity contribution >= 4 is 17.9 Å². The van der Waals surface area contributed by atoms with Crippen molar-refractivity contribution in [2.24, 2.45) is 16.5 Å². The van der Waals surface area contributed by atoms with Gasteiger partial charge in [-0.05, 0) is 26.7 Å². The number of oxime groups is 1. The van der Waals surface area contributed by atoms with Crippen molar-refractivity contribution in [3.63, 3.8) is 0 Å². The molecule has 0 saturated heterocycles. The summed E-state index contributed by atoms with van der Waals surface area (Å²) in [4.78, 5) is 17.3. The molecule has 0 heterocycles. The van der Waals surface area contributed by atoms with Gasteiger partial charge in [0.1, 0.15) is 12.2 Å². The van der Waals surface area contributed by atoms with Gasteiger partial charge in [0.05, 0.1) is 18.9 Å². The molecule has 0 aliphatic rings. The SMILES string of the molecule is CCOC(=O)/C(C=N)=C(/N/C=C/C(C)(C)CON=C(C)C)OCC(C)C. The lowest BCUT2D eigenvalue weighted by atomic mass is 9.95. The molecule has 0 aromatic heterocycles.